The van der Waals surface area contributed by atoms with Gasteiger partial charge in [0.25, 0.3) is 0 Å². The van der Waals surface area contributed by atoms with E-state index in [1.54, 1.807) is 13.0 Å². The lowest BCUT2D eigenvalue weighted by Gasteiger charge is -2.08. The van der Waals surface area contributed by atoms with Crippen LogP contribution in [0.2, 0.25) is 0 Å². The largest absolute Gasteiger partial charge is 0.374 e. The van der Waals surface area contributed by atoms with Crippen molar-refractivity contribution in [3.63, 3.8) is 0 Å². The molecule has 1 nitrogen and oxygen atoms in total. The summed E-state index contributed by atoms with van der Waals surface area (Å²) in [7, 11) is 0. The van der Waals surface area contributed by atoms with Crippen LogP contribution < -0.4 is 0 Å². The zero-order valence-electron chi connectivity index (χ0n) is 10.7. The van der Waals surface area contributed by atoms with Gasteiger partial charge in [-0.1, -0.05) is 35.3 Å². The first-order valence-electron chi connectivity index (χ1n) is 5.56. The lowest BCUT2D eigenvalue weighted by molar-refractivity contribution is 0.174. The molecule has 0 aliphatic carbocycles. The Balaban J connectivity index is 4.16. The van der Waals surface area contributed by atoms with Crippen LogP contribution in [-0.4, -0.2) is 10.7 Å². The molecule has 0 aliphatic heterocycles. The Hall–Kier alpha value is -1.26. The molecule has 88 valence electrons. The summed E-state index contributed by atoms with van der Waals surface area (Å²) in [6.07, 6.45) is 14.9. The highest BCUT2D eigenvalue weighted by Crippen LogP contribution is 2.08. The van der Waals surface area contributed by atoms with Gasteiger partial charge in [-0.2, -0.15) is 0 Å². The molecule has 0 fully saturated rings. The molecule has 0 aromatic carbocycles. The lowest BCUT2D eigenvalue weighted by atomic mass is 10.1. The van der Waals surface area contributed by atoms with Crippen molar-refractivity contribution in [2.75, 3.05) is 0 Å². The number of allylic oxidation sites excluding steroid dienone is 5. The van der Waals surface area contributed by atoms with Gasteiger partial charge in [-0.15, -0.1) is 6.42 Å². The van der Waals surface area contributed by atoms with Crippen molar-refractivity contribution in [2.24, 2.45) is 0 Å². The highest BCUT2D eigenvalue weighted by Gasteiger charge is 2.09. The summed E-state index contributed by atoms with van der Waals surface area (Å²) in [5.74, 6) is 2.30. The molecule has 0 saturated heterocycles. The predicted octanol–water partition coefficient (Wildman–Crippen LogP) is 3.62. The van der Waals surface area contributed by atoms with Crippen LogP contribution in [0.15, 0.2) is 35.5 Å². The molecular formula is C15H22O. The average molecular weight is 218 g/mol. The molecule has 1 heteroatoms. The molecule has 0 saturated carbocycles. The smallest absolute Gasteiger partial charge is 0.141 e. The van der Waals surface area contributed by atoms with E-state index < -0.39 is 5.60 Å². The standard InChI is InChI=1S/C15H22O/c1-6-15(5,16)12-8-11-14(4)10-7-9-13(2)3/h1,8-9,11-12,16H,7,10H2,2-5H3. The van der Waals surface area contributed by atoms with Gasteiger partial charge in [0.1, 0.15) is 5.60 Å². The number of hydrogen-bond donors (Lipinski definition) is 1. The van der Waals surface area contributed by atoms with Crippen molar-refractivity contribution in [3.8, 4) is 12.3 Å². The van der Waals surface area contributed by atoms with Crippen molar-refractivity contribution >= 4 is 0 Å². The third kappa shape index (κ3) is 8.08. The maximum atomic E-state index is 9.52. The minimum atomic E-state index is -1.14. The van der Waals surface area contributed by atoms with Crippen LogP contribution in [0.3, 0.4) is 0 Å². The van der Waals surface area contributed by atoms with Crippen molar-refractivity contribution in [2.45, 2.75) is 46.1 Å². The monoisotopic (exact) mass is 218 g/mol. The Bertz CT molecular complexity index is 331. The van der Waals surface area contributed by atoms with Gasteiger partial charge < -0.3 is 5.11 Å². The van der Waals surface area contributed by atoms with Gasteiger partial charge in [-0.25, -0.2) is 0 Å². The molecule has 1 N–H and O–H groups in total. The minimum absolute atomic E-state index is 1.04. The van der Waals surface area contributed by atoms with E-state index in [-0.39, 0.29) is 0 Å². The molecule has 0 rings (SSSR count). The van der Waals surface area contributed by atoms with Crippen LogP contribution in [0.1, 0.15) is 40.5 Å². The summed E-state index contributed by atoms with van der Waals surface area (Å²) < 4.78 is 0. The van der Waals surface area contributed by atoms with Crippen LogP contribution in [0, 0.1) is 12.3 Å². The second kappa shape index (κ2) is 7.09. The van der Waals surface area contributed by atoms with Crippen LogP contribution in [0.4, 0.5) is 0 Å². The van der Waals surface area contributed by atoms with E-state index in [2.05, 4.69) is 32.8 Å². The lowest BCUT2D eigenvalue weighted by Crippen LogP contribution is -2.16. The molecule has 0 amide bonds. The van der Waals surface area contributed by atoms with E-state index in [9.17, 15) is 5.11 Å². The third-order valence-corrected chi connectivity index (χ3v) is 2.18. The molecule has 0 aromatic heterocycles. The van der Waals surface area contributed by atoms with Crippen molar-refractivity contribution in [1.29, 1.82) is 0 Å². The van der Waals surface area contributed by atoms with Gasteiger partial charge >= 0.3 is 0 Å². The zero-order chi connectivity index (χ0) is 12.6. The van der Waals surface area contributed by atoms with Gasteiger partial charge in [0, 0.05) is 0 Å². The Labute approximate surface area is 99.6 Å². The molecule has 0 spiro atoms. The topological polar surface area (TPSA) is 20.2 Å². The predicted molar refractivity (Wildman–Crippen MR) is 71.0 cm³/mol. The number of aliphatic hydroxyl groups is 1. The van der Waals surface area contributed by atoms with Crippen LogP contribution in [-0.2, 0) is 0 Å². The van der Waals surface area contributed by atoms with E-state index >= 15 is 0 Å². The zero-order valence-corrected chi connectivity index (χ0v) is 10.7. The summed E-state index contributed by atoms with van der Waals surface area (Å²) in [4.78, 5) is 0. The van der Waals surface area contributed by atoms with E-state index in [0.717, 1.165) is 12.8 Å². The van der Waals surface area contributed by atoms with Crippen LogP contribution in [0.25, 0.3) is 0 Å². The SMILES string of the molecule is C#CC(C)(O)C=CC=C(C)CCC=C(C)C. The van der Waals surface area contributed by atoms with Crippen LogP contribution >= 0.6 is 0 Å². The average Bonchev–Trinajstić information content (AvgIpc) is 2.17. The maximum absolute atomic E-state index is 9.52. The first-order chi connectivity index (χ1) is 7.37. The number of rotatable bonds is 5. The molecule has 0 radical (unpaired) electrons. The molecule has 0 heterocycles. The van der Waals surface area contributed by atoms with Crippen molar-refractivity contribution in [1.82, 2.24) is 0 Å². The van der Waals surface area contributed by atoms with Gasteiger partial charge in [0.2, 0.25) is 0 Å². The molecular weight excluding hydrogens is 196 g/mol. The first-order valence-corrected chi connectivity index (χ1v) is 5.56. The quantitative estimate of drug-likeness (QED) is 0.424. The van der Waals surface area contributed by atoms with E-state index in [1.807, 2.05) is 12.2 Å². The fraction of sp³-hybridized carbons (Fsp3) is 0.467. The molecule has 0 aromatic rings. The third-order valence-electron chi connectivity index (χ3n) is 2.18. The van der Waals surface area contributed by atoms with Crippen molar-refractivity contribution in [3.05, 3.63) is 35.5 Å². The second-order valence-electron chi connectivity index (χ2n) is 4.48. The van der Waals surface area contributed by atoms with Gasteiger partial charge in [0.05, 0.1) is 0 Å². The summed E-state index contributed by atoms with van der Waals surface area (Å²) >= 11 is 0. The second-order valence-corrected chi connectivity index (χ2v) is 4.48. The molecule has 1 atom stereocenters. The van der Waals surface area contributed by atoms with Crippen LogP contribution in [0.5, 0.6) is 0 Å². The van der Waals surface area contributed by atoms with Gasteiger partial charge in [-0.3, -0.25) is 0 Å². The van der Waals surface area contributed by atoms with Gasteiger partial charge in [-0.05, 0) is 46.6 Å². The maximum Gasteiger partial charge on any atom is 0.141 e. The Kier molecular flexibility index (Phi) is 6.53. The Morgan fingerprint density at radius 1 is 1.38 bits per heavy atom. The first kappa shape index (κ1) is 14.7. The number of hydrogen-bond acceptors (Lipinski definition) is 1. The molecule has 0 bridgehead atoms. The highest BCUT2D eigenvalue weighted by atomic mass is 16.3. The molecule has 0 aliphatic rings. The van der Waals surface area contributed by atoms with Gasteiger partial charge in [0.15, 0.2) is 0 Å². The summed E-state index contributed by atoms with van der Waals surface area (Å²) in [6, 6.07) is 0. The highest BCUT2D eigenvalue weighted by molar-refractivity contribution is 5.21. The summed E-state index contributed by atoms with van der Waals surface area (Å²) in [5.41, 5.74) is 1.48. The fourth-order valence-electron chi connectivity index (χ4n) is 1.12. The summed E-state index contributed by atoms with van der Waals surface area (Å²) in [6.45, 7) is 7.87. The van der Waals surface area contributed by atoms with E-state index in [1.165, 1.54) is 11.1 Å². The van der Waals surface area contributed by atoms with Crippen molar-refractivity contribution < 1.29 is 5.11 Å². The normalized spacial score (nSPS) is 15.6. The molecule has 16 heavy (non-hydrogen) atoms. The minimum Gasteiger partial charge on any atom is -0.374 e. The van der Waals surface area contributed by atoms with E-state index in [4.69, 9.17) is 6.42 Å². The Morgan fingerprint density at radius 3 is 2.50 bits per heavy atom. The molecule has 1 unspecified atom stereocenters. The fourth-order valence-corrected chi connectivity index (χ4v) is 1.12. The summed E-state index contributed by atoms with van der Waals surface area (Å²) in [5, 5.41) is 9.52. The Morgan fingerprint density at radius 2 is 2.00 bits per heavy atom. The van der Waals surface area contributed by atoms with E-state index in [0.29, 0.717) is 0 Å². The number of terminal acetylenes is 1.